The van der Waals surface area contributed by atoms with Gasteiger partial charge >= 0.3 is 5.97 Å². The smallest absolute Gasteiger partial charge is 0.333 e. The van der Waals surface area contributed by atoms with E-state index in [-0.39, 0.29) is 0 Å². The third-order valence-electron chi connectivity index (χ3n) is 3.42. The quantitative estimate of drug-likeness (QED) is 0.903. The molecular formula is C16H15F2NO2. The van der Waals surface area contributed by atoms with Gasteiger partial charge in [-0.1, -0.05) is 24.3 Å². The van der Waals surface area contributed by atoms with Crippen molar-refractivity contribution in [2.75, 3.05) is 5.32 Å². The Bertz CT molecular complexity index is 667. The van der Waals surface area contributed by atoms with Crippen LogP contribution in [0.25, 0.3) is 0 Å². The molecule has 2 rings (SSSR count). The van der Waals surface area contributed by atoms with Crippen molar-refractivity contribution in [3.05, 3.63) is 65.2 Å². The molecule has 0 bridgehead atoms. The summed E-state index contributed by atoms with van der Waals surface area (Å²) in [6, 6.07) is 10.2. The normalized spacial score (nSPS) is 13.5. The van der Waals surface area contributed by atoms with Gasteiger partial charge in [-0.25, -0.2) is 13.6 Å². The molecule has 2 aromatic rings. The van der Waals surface area contributed by atoms with Crippen molar-refractivity contribution < 1.29 is 18.7 Å². The van der Waals surface area contributed by atoms with Crippen molar-refractivity contribution in [3.8, 4) is 0 Å². The fraction of sp³-hybridized carbons (Fsp3) is 0.188. The summed E-state index contributed by atoms with van der Waals surface area (Å²) in [6.45, 7) is 3.02. The first-order valence-corrected chi connectivity index (χ1v) is 6.38. The van der Waals surface area contributed by atoms with Crippen LogP contribution >= 0.6 is 0 Å². The molecule has 110 valence electrons. The number of halogens is 2. The third kappa shape index (κ3) is 2.72. The molecular weight excluding hydrogens is 276 g/mol. The molecule has 3 nitrogen and oxygen atoms in total. The minimum Gasteiger partial charge on any atom is -0.479 e. The SMILES string of the molecule is Cc1ccccc1NC(C)(C(=O)O)c1c(F)cccc1F. The van der Waals surface area contributed by atoms with Crippen molar-refractivity contribution in [1.82, 2.24) is 0 Å². The second-order valence-corrected chi connectivity index (χ2v) is 4.97. The minimum atomic E-state index is -1.92. The van der Waals surface area contributed by atoms with Crippen molar-refractivity contribution in [1.29, 1.82) is 0 Å². The van der Waals surface area contributed by atoms with Crippen LogP contribution in [0.4, 0.5) is 14.5 Å². The van der Waals surface area contributed by atoms with Crippen molar-refractivity contribution in [2.45, 2.75) is 19.4 Å². The summed E-state index contributed by atoms with van der Waals surface area (Å²) in [6.07, 6.45) is 0. The van der Waals surface area contributed by atoms with Crippen LogP contribution in [0.5, 0.6) is 0 Å². The lowest BCUT2D eigenvalue weighted by Gasteiger charge is -2.29. The molecule has 0 aliphatic heterocycles. The molecule has 21 heavy (non-hydrogen) atoms. The van der Waals surface area contributed by atoms with Gasteiger partial charge in [0.25, 0.3) is 0 Å². The molecule has 2 N–H and O–H groups in total. The summed E-state index contributed by atoms with van der Waals surface area (Å²) in [5.74, 6) is -3.17. The predicted octanol–water partition coefficient (Wildman–Crippen LogP) is 3.69. The van der Waals surface area contributed by atoms with Crippen LogP contribution < -0.4 is 5.32 Å². The highest BCUT2D eigenvalue weighted by Gasteiger charge is 2.40. The fourth-order valence-electron chi connectivity index (χ4n) is 2.18. The number of para-hydroxylation sites is 1. The monoisotopic (exact) mass is 291 g/mol. The van der Waals surface area contributed by atoms with Crippen molar-refractivity contribution >= 4 is 11.7 Å². The Hall–Kier alpha value is -2.43. The topological polar surface area (TPSA) is 49.3 Å². The van der Waals surface area contributed by atoms with Gasteiger partial charge in [-0.2, -0.15) is 0 Å². The number of aryl methyl sites for hydroxylation is 1. The number of carbonyl (C=O) groups is 1. The van der Waals surface area contributed by atoms with Gasteiger partial charge in [0.1, 0.15) is 11.6 Å². The van der Waals surface area contributed by atoms with Crippen molar-refractivity contribution in [2.24, 2.45) is 0 Å². The molecule has 0 spiro atoms. The number of benzene rings is 2. The molecule has 0 saturated heterocycles. The highest BCUT2D eigenvalue weighted by atomic mass is 19.1. The summed E-state index contributed by atoms with van der Waals surface area (Å²) in [4.78, 5) is 11.6. The molecule has 0 aliphatic rings. The maximum Gasteiger partial charge on any atom is 0.333 e. The van der Waals surface area contributed by atoms with Gasteiger partial charge in [0.15, 0.2) is 5.54 Å². The summed E-state index contributed by atoms with van der Waals surface area (Å²) >= 11 is 0. The van der Waals surface area contributed by atoms with E-state index in [9.17, 15) is 18.7 Å². The van der Waals surface area contributed by atoms with E-state index >= 15 is 0 Å². The number of rotatable bonds is 4. The standard InChI is InChI=1S/C16H15F2NO2/c1-10-6-3-4-9-13(10)19-16(2,15(20)21)14-11(17)7-5-8-12(14)18/h3-9,19H,1-2H3,(H,20,21). The van der Waals surface area contributed by atoms with Crippen LogP contribution in [0.1, 0.15) is 18.1 Å². The van der Waals surface area contributed by atoms with Gasteiger partial charge in [-0.05, 0) is 37.6 Å². The lowest BCUT2D eigenvalue weighted by Crippen LogP contribution is -2.42. The van der Waals surface area contributed by atoms with Gasteiger partial charge in [0, 0.05) is 5.69 Å². The summed E-state index contributed by atoms with van der Waals surface area (Å²) < 4.78 is 27.9. The number of anilines is 1. The van der Waals surface area contributed by atoms with Crippen LogP contribution in [0.2, 0.25) is 0 Å². The van der Waals surface area contributed by atoms with Gasteiger partial charge in [-0.15, -0.1) is 0 Å². The third-order valence-corrected chi connectivity index (χ3v) is 3.42. The van der Waals surface area contributed by atoms with Crippen LogP contribution in [0.15, 0.2) is 42.5 Å². The second kappa shape index (κ2) is 5.52. The fourth-order valence-corrected chi connectivity index (χ4v) is 2.18. The largest absolute Gasteiger partial charge is 0.479 e. The van der Waals surface area contributed by atoms with E-state index < -0.39 is 28.7 Å². The average molecular weight is 291 g/mol. The maximum absolute atomic E-state index is 14.0. The summed E-state index contributed by atoms with van der Waals surface area (Å²) in [5.41, 5.74) is -1.14. The number of carboxylic acid groups (broad SMARTS) is 1. The lowest BCUT2D eigenvalue weighted by molar-refractivity contribution is -0.142. The lowest BCUT2D eigenvalue weighted by atomic mass is 9.90. The van der Waals surface area contributed by atoms with E-state index in [1.807, 2.05) is 0 Å². The number of aliphatic carboxylic acids is 1. The molecule has 1 unspecified atom stereocenters. The van der Waals surface area contributed by atoms with Gasteiger partial charge < -0.3 is 10.4 Å². The zero-order valence-electron chi connectivity index (χ0n) is 11.7. The van der Waals surface area contributed by atoms with Crippen molar-refractivity contribution in [3.63, 3.8) is 0 Å². The molecule has 5 heteroatoms. The minimum absolute atomic E-state index is 0.505. The predicted molar refractivity (Wildman–Crippen MR) is 76.1 cm³/mol. The summed E-state index contributed by atoms with van der Waals surface area (Å²) in [7, 11) is 0. The number of nitrogens with one attached hydrogen (secondary N) is 1. The first kappa shape index (κ1) is 15.0. The van der Waals surface area contributed by atoms with Gasteiger partial charge in [0.05, 0.1) is 5.56 Å². The highest BCUT2D eigenvalue weighted by molar-refractivity contribution is 5.84. The Morgan fingerprint density at radius 2 is 1.67 bits per heavy atom. The summed E-state index contributed by atoms with van der Waals surface area (Å²) in [5, 5.41) is 12.2. The average Bonchev–Trinajstić information content (AvgIpc) is 2.41. The van der Waals surface area contributed by atoms with E-state index in [0.29, 0.717) is 5.69 Å². The molecule has 2 aromatic carbocycles. The van der Waals surface area contributed by atoms with Gasteiger partial charge in [-0.3, -0.25) is 0 Å². The molecule has 0 aliphatic carbocycles. The molecule has 1 atom stereocenters. The molecule has 0 amide bonds. The van der Waals surface area contributed by atoms with Crippen LogP contribution in [-0.4, -0.2) is 11.1 Å². The first-order valence-electron chi connectivity index (χ1n) is 6.38. The molecule has 0 radical (unpaired) electrons. The Morgan fingerprint density at radius 3 is 2.19 bits per heavy atom. The Morgan fingerprint density at radius 1 is 1.10 bits per heavy atom. The second-order valence-electron chi connectivity index (χ2n) is 4.97. The number of hydrogen-bond donors (Lipinski definition) is 2. The number of hydrogen-bond acceptors (Lipinski definition) is 2. The van der Waals surface area contributed by atoms with E-state index in [0.717, 1.165) is 17.7 Å². The molecule has 0 saturated carbocycles. The Balaban J connectivity index is 2.57. The molecule has 0 heterocycles. The van der Waals surface area contributed by atoms with Crippen LogP contribution in [0.3, 0.4) is 0 Å². The molecule has 0 aromatic heterocycles. The Labute approximate surface area is 121 Å². The van der Waals surface area contributed by atoms with Gasteiger partial charge in [0.2, 0.25) is 0 Å². The maximum atomic E-state index is 14.0. The number of carboxylic acids is 1. The zero-order valence-corrected chi connectivity index (χ0v) is 11.7. The highest BCUT2D eigenvalue weighted by Crippen LogP contribution is 2.31. The molecule has 0 fully saturated rings. The first-order chi connectivity index (χ1) is 9.86. The van der Waals surface area contributed by atoms with E-state index in [1.54, 1.807) is 31.2 Å². The van der Waals surface area contributed by atoms with Crippen LogP contribution in [-0.2, 0) is 10.3 Å². The Kier molecular flexibility index (Phi) is 3.93. The van der Waals surface area contributed by atoms with Crippen LogP contribution in [0, 0.1) is 18.6 Å². The van der Waals surface area contributed by atoms with E-state index in [4.69, 9.17) is 0 Å². The zero-order chi connectivity index (χ0) is 15.6. The van der Waals surface area contributed by atoms with E-state index in [2.05, 4.69) is 5.32 Å². The van der Waals surface area contributed by atoms with E-state index in [1.165, 1.54) is 13.0 Å².